The minimum atomic E-state index is 0.207. The Morgan fingerprint density at radius 1 is 1.41 bits per heavy atom. The van der Waals surface area contributed by atoms with Crippen LogP contribution in [0.15, 0.2) is 0 Å². The molecule has 3 saturated heterocycles. The Bertz CT molecular complexity index is 302. The van der Waals surface area contributed by atoms with Gasteiger partial charge in [0, 0.05) is 30.7 Å². The first-order chi connectivity index (χ1) is 8.24. The number of ether oxygens (including phenoxy) is 1. The molecular weight excluding hydrogens is 216 g/mol. The molecule has 3 heterocycles. The van der Waals surface area contributed by atoms with Gasteiger partial charge < -0.3 is 15.4 Å². The fourth-order valence-corrected chi connectivity index (χ4v) is 3.51. The van der Waals surface area contributed by atoms with Crippen molar-refractivity contribution in [1.82, 2.24) is 10.6 Å². The lowest BCUT2D eigenvalue weighted by Crippen LogP contribution is -2.44. The molecule has 4 nitrogen and oxygen atoms in total. The predicted octanol–water partition coefficient (Wildman–Crippen LogP) is 0.668. The lowest BCUT2D eigenvalue weighted by molar-refractivity contribution is -0.126. The molecule has 2 N–H and O–H groups in total. The number of carbonyl (C=O) groups is 1. The summed E-state index contributed by atoms with van der Waals surface area (Å²) in [6, 6.07) is 1.29. The molecule has 3 rings (SSSR count). The van der Waals surface area contributed by atoms with Crippen LogP contribution in [0.1, 0.15) is 32.6 Å². The fourth-order valence-electron chi connectivity index (χ4n) is 3.51. The van der Waals surface area contributed by atoms with Crippen LogP contribution in [0.5, 0.6) is 0 Å². The molecule has 0 aliphatic carbocycles. The average Bonchev–Trinajstić information content (AvgIpc) is 3.05. The van der Waals surface area contributed by atoms with Gasteiger partial charge >= 0.3 is 0 Å². The summed E-state index contributed by atoms with van der Waals surface area (Å²) in [4.78, 5) is 12.2. The van der Waals surface area contributed by atoms with Gasteiger partial charge in [0.05, 0.1) is 12.5 Å². The molecule has 3 aliphatic rings. The second-order valence-electron chi connectivity index (χ2n) is 5.81. The van der Waals surface area contributed by atoms with Gasteiger partial charge in [-0.1, -0.05) is 0 Å². The maximum atomic E-state index is 12.2. The summed E-state index contributed by atoms with van der Waals surface area (Å²) in [5.74, 6) is 0.966. The molecule has 2 bridgehead atoms. The quantitative estimate of drug-likeness (QED) is 0.760. The van der Waals surface area contributed by atoms with Crippen molar-refractivity contribution in [3.8, 4) is 0 Å². The lowest BCUT2D eigenvalue weighted by Gasteiger charge is -2.24. The average molecular weight is 238 g/mol. The molecule has 0 aromatic carbocycles. The Morgan fingerprint density at radius 3 is 2.88 bits per heavy atom. The third kappa shape index (κ3) is 2.20. The molecular formula is C13H22N2O2. The standard InChI is InChI=1S/C13H22N2O2/c1-8(9-4-5-17-7-9)14-13(16)11-6-10-2-3-12(11)15-10/h8-12,15H,2-7H2,1H3,(H,14,16). The van der Waals surface area contributed by atoms with E-state index in [1.807, 2.05) is 0 Å². The molecule has 4 heteroatoms. The molecule has 5 atom stereocenters. The van der Waals surface area contributed by atoms with E-state index in [1.165, 1.54) is 12.8 Å². The van der Waals surface area contributed by atoms with E-state index in [1.54, 1.807) is 0 Å². The van der Waals surface area contributed by atoms with E-state index in [9.17, 15) is 4.79 Å². The van der Waals surface area contributed by atoms with Crippen LogP contribution >= 0.6 is 0 Å². The molecule has 3 fully saturated rings. The summed E-state index contributed by atoms with van der Waals surface area (Å²) < 4.78 is 5.37. The van der Waals surface area contributed by atoms with Crippen LogP contribution < -0.4 is 10.6 Å². The van der Waals surface area contributed by atoms with Crippen LogP contribution in [-0.4, -0.2) is 37.2 Å². The number of nitrogens with one attached hydrogen (secondary N) is 2. The molecule has 1 amide bonds. The van der Waals surface area contributed by atoms with Crippen molar-refractivity contribution < 1.29 is 9.53 Å². The second-order valence-corrected chi connectivity index (χ2v) is 5.81. The highest BCUT2D eigenvalue weighted by Gasteiger charge is 2.43. The fraction of sp³-hybridized carbons (Fsp3) is 0.923. The Kier molecular flexibility index (Phi) is 3.09. The van der Waals surface area contributed by atoms with E-state index in [0.717, 1.165) is 26.1 Å². The number of hydrogen-bond donors (Lipinski definition) is 2. The topological polar surface area (TPSA) is 50.4 Å². The minimum absolute atomic E-state index is 0.207. The monoisotopic (exact) mass is 238 g/mol. The minimum Gasteiger partial charge on any atom is -0.381 e. The first kappa shape index (κ1) is 11.5. The first-order valence-electron chi connectivity index (χ1n) is 6.88. The van der Waals surface area contributed by atoms with Gasteiger partial charge in [-0.3, -0.25) is 4.79 Å². The van der Waals surface area contributed by atoms with Gasteiger partial charge in [-0.15, -0.1) is 0 Å². The Hall–Kier alpha value is -0.610. The summed E-state index contributed by atoms with van der Waals surface area (Å²) in [6.07, 6.45) is 4.53. The van der Waals surface area contributed by atoms with Crippen molar-refractivity contribution in [1.29, 1.82) is 0 Å². The lowest BCUT2D eigenvalue weighted by atomic mass is 9.88. The van der Waals surface area contributed by atoms with E-state index in [0.29, 0.717) is 18.0 Å². The van der Waals surface area contributed by atoms with Crippen molar-refractivity contribution in [3.05, 3.63) is 0 Å². The summed E-state index contributed by atoms with van der Waals surface area (Å²) in [6.45, 7) is 3.76. The molecule has 0 saturated carbocycles. The van der Waals surface area contributed by atoms with Crippen molar-refractivity contribution in [2.45, 2.75) is 50.7 Å². The van der Waals surface area contributed by atoms with Crippen molar-refractivity contribution in [3.63, 3.8) is 0 Å². The maximum absolute atomic E-state index is 12.2. The highest BCUT2D eigenvalue weighted by molar-refractivity contribution is 5.80. The maximum Gasteiger partial charge on any atom is 0.224 e. The highest BCUT2D eigenvalue weighted by Crippen LogP contribution is 2.33. The molecule has 0 spiro atoms. The van der Waals surface area contributed by atoms with Crippen LogP contribution in [-0.2, 0) is 9.53 Å². The molecule has 5 unspecified atom stereocenters. The van der Waals surface area contributed by atoms with E-state index < -0.39 is 0 Å². The molecule has 0 aromatic rings. The van der Waals surface area contributed by atoms with E-state index >= 15 is 0 Å². The summed E-state index contributed by atoms with van der Waals surface area (Å²) in [5.41, 5.74) is 0. The van der Waals surface area contributed by atoms with E-state index in [4.69, 9.17) is 4.74 Å². The van der Waals surface area contributed by atoms with Crippen LogP contribution in [0.3, 0.4) is 0 Å². The van der Waals surface area contributed by atoms with Crippen LogP contribution in [0.2, 0.25) is 0 Å². The number of rotatable bonds is 3. The van der Waals surface area contributed by atoms with Gasteiger partial charge in [0.15, 0.2) is 0 Å². The largest absolute Gasteiger partial charge is 0.381 e. The number of carbonyl (C=O) groups excluding carboxylic acids is 1. The number of amides is 1. The van der Waals surface area contributed by atoms with Gasteiger partial charge in [0.25, 0.3) is 0 Å². The summed E-state index contributed by atoms with van der Waals surface area (Å²) in [7, 11) is 0. The molecule has 0 radical (unpaired) electrons. The van der Waals surface area contributed by atoms with Crippen LogP contribution in [0.4, 0.5) is 0 Å². The molecule has 17 heavy (non-hydrogen) atoms. The molecule has 0 aromatic heterocycles. The second kappa shape index (κ2) is 4.58. The third-order valence-corrected chi connectivity index (χ3v) is 4.68. The zero-order valence-electron chi connectivity index (χ0n) is 10.4. The number of hydrogen-bond acceptors (Lipinski definition) is 3. The van der Waals surface area contributed by atoms with Gasteiger partial charge in [0.1, 0.15) is 0 Å². The zero-order valence-corrected chi connectivity index (χ0v) is 10.4. The molecule has 96 valence electrons. The SMILES string of the molecule is CC(NC(=O)C1CC2CCC1N2)C1CCOC1. The Morgan fingerprint density at radius 2 is 2.29 bits per heavy atom. The van der Waals surface area contributed by atoms with Crippen LogP contribution in [0.25, 0.3) is 0 Å². The van der Waals surface area contributed by atoms with Gasteiger partial charge in [-0.2, -0.15) is 0 Å². The predicted molar refractivity (Wildman–Crippen MR) is 64.6 cm³/mol. The van der Waals surface area contributed by atoms with Crippen molar-refractivity contribution >= 4 is 5.91 Å². The number of fused-ring (bicyclic) bond motifs is 2. The summed E-state index contributed by atoms with van der Waals surface area (Å²) in [5, 5.41) is 6.71. The van der Waals surface area contributed by atoms with Gasteiger partial charge in [-0.25, -0.2) is 0 Å². The van der Waals surface area contributed by atoms with Gasteiger partial charge in [-0.05, 0) is 32.6 Å². The zero-order chi connectivity index (χ0) is 11.8. The smallest absolute Gasteiger partial charge is 0.224 e. The molecule has 3 aliphatic heterocycles. The highest BCUT2D eigenvalue weighted by atomic mass is 16.5. The Balaban J connectivity index is 1.52. The normalized spacial score (nSPS) is 41.7. The third-order valence-electron chi connectivity index (χ3n) is 4.68. The summed E-state index contributed by atoms with van der Waals surface area (Å²) >= 11 is 0. The first-order valence-corrected chi connectivity index (χ1v) is 6.88. The van der Waals surface area contributed by atoms with Crippen molar-refractivity contribution in [2.24, 2.45) is 11.8 Å². The van der Waals surface area contributed by atoms with Gasteiger partial charge in [0.2, 0.25) is 5.91 Å². The van der Waals surface area contributed by atoms with Crippen LogP contribution in [0, 0.1) is 11.8 Å². The van der Waals surface area contributed by atoms with E-state index in [-0.39, 0.29) is 17.9 Å². The van der Waals surface area contributed by atoms with E-state index in [2.05, 4.69) is 17.6 Å². The van der Waals surface area contributed by atoms with Crippen molar-refractivity contribution in [2.75, 3.05) is 13.2 Å². The Labute approximate surface area is 102 Å².